The van der Waals surface area contributed by atoms with Gasteiger partial charge in [-0.1, -0.05) is 66.9 Å². The van der Waals surface area contributed by atoms with Gasteiger partial charge in [0, 0.05) is 0 Å². The molecule has 5 heteroatoms. The molecule has 2 atom stereocenters. The van der Waals surface area contributed by atoms with Crippen LogP contribution in [-0.2, 0) is 4.79 Å². The van der Waals surface area contributed by atoms with Crippen LogP contribution in [-0.4, -0.2) is 15.7 Å². The van der Waals surface area contributed by atoms with Gasteiger partial charge in [-0.3, -0.25) is 4.79 Å². The Kier molecular flexibility index (Phi) is 6.38. The minimum Gasteiger partial charge on any atom is -0.301 e. The van der Waals surface area contributed by atoms with Crippen molar-refractivity contribution in [3.63, 3.8) is 0 Å². The molecule has 2 rings (SSSR count). The molecule has 0 spiro atoms. The van der Waals surface area contributed by atoms with E-state index in [2.05, 4.69) is 59.1 Å². The van der Waals surface area contributed by atoms with Gasteiger partial charge >= 0.3 is 0 Å². The largest absolute Gasteiger partial charge is 0.301 e. The summed E-state index contributed by atoms with van der Waals surface area (Å²) in [5.74, 6) is 0.542. The number of carbonyl (C=O) groups excluding carboxylic acids is 1. The minimum atomic E-state index is -0.143. The van der Waals surface area contributed by atoms with Crippen LogP contribution in [0.4, 0.5) is 5.13 Å². The maximum absolute atomic E-state index is 12.1. The molecular formula is C17H23BrN2OS. The molecule has 120 valence electrons. The lowest BCUT2D eigenvalue weighted by molar-refractivity contribution is -0.115. The van der Waals surface area contributed by atoms with E-state index < -0.39 is 0 Å². The van der Waals surface area contributed by atoms with Crippen LogP contribution in [0.1, 0.15) is 57.9 Å². The predicted molar refractivity (Wildman–Crippen MR) is 99.2 cm³/mol. The van der Waals surface area contributed by atoms with Gasteiger partial charge in [0.1, 0.15) is 0 Å². The van der Waals surface area contributed by atoms with Crippen LogP contribution < -0.4 is 5.32 Å². The monoisotopic (exact) mass is 382 g/mol. The van der Waals surface area contributed by atoms with Crippen molar-refractivity contribution in [1.29, 1.82) is 0 Å². The smallest absolute Gasteiger partial charge is 0.239 e. The average molecular weight is 383 g/mol. The van der Waals surface area contributed by atoms with E-state index >= 15 is 0 Å². The molecule has 1 aromatic heterocycles. The Bertz CT molecular complexity index is 641. The first kappa shape index (κ1) is 17.4. The molecular weight excluding hydrogens is 360 g/mol. The maximum atomic E-state index is 12.1. The van der Waals surface area contributed by atoms with Crippen LogP contribution in [0.25, 0.3) is 10.2 Å². The number of nitrogens with zero attached hydrogens (tertiary/aromatic N) is 1. The van der Waals surface area contributed by atoms with Crippen molar-refractivity contribution in [2.45, 2.75) is 57.2 Å². The summed E-state index contributed by atoms with van der Waals surface area (Å²) in [6, 6.07) is 6.38. The Balaban J connectivity index is 2.11. The van der Waals surface area contributed by atoms with Gasteiger partial charge in [-0.25, -0.2) is 4.98 Å². The van der Waals surface area contributed by atoms with Crippen LogP contribution in [0, 0.1) is 0 Å². The Morgan fingerprint density at radius 1 is 1.41 bits per heavy atom. The lowest BCUT2D eigenvalue weighted by Crippen LogP contribution is -2.22. The van der Waals surface area contributed by atoms with E-state index in [-0.39, 0.29) is 10.7 Å². The highest BCUT2D eigenvalue weighted by Gasteiger charge is 2.16. The van der Waals surface area contributed by atoms with Crippen molar-refractivity contribution in [2.75, 3.05) is 5.32 Å². The molecule has 0 aliphatic heterocycles. The summed E-state index contributed by atoms with van der Waals surface area (Å²) < 4.78 is 1.13. The highest BCUT2D eigenvalue weighted by atomic mass is 79.9. The molecule has 1 amide bonds. The fourth-order valence-electron chi connectivity index (χ4n) is 2.24. The lowest BCUT2D eigenvalue weighted by atomic mass is 9.99. The zero-order valence-corrected chi connectivity index (χ0v) is 15.8. The average Bonchev–Trinajstić information content (AvgIpc) is 2.92. The summed E-state index contributed by atoms with van der Waals surface area (Å²) in [4.78, 5) is 16.5. The second-order valence-corrected chi connectivity index (χ2v) is 7.79. The first-order chi connectivity index (χ1) is 10.5. The van der Waals surface area contributed by atoms with Crippen molar-refractivity contribution >= 4 is 48.5 Å². The molecule has 2 aromatic rings. The first-order valence-corrected chi connectivity index (χ1v) is 9.63. The fraction of sp³-hybridized carbons (Fsp3) is 0.529. The van der Waals surface area contributed by atoms with E-state index in [9.17, 15) is 4.79 Å². The van der Waals surface area contributed by atoms with Crippen molar-refractivity contribution in [1.82, 2.24) is 4.98 Å². The molecule has 1 N–H and O–H groups in total. The van der Waals surface area contributed by atoms with Gasteiger partial charge in [0.05, 0.1) is 15.0 Å². The maximum Gasteiger partial charge on any atom is 0.239 e. The van der Waals surface area contributed by atoms with Crippen molar-refractivity contribution < 1.29 is 4.79 Å². The molecule has 0 fully saturated rings. The Hall–Kier alpha value is -0.940. The molecule has 0 saturated carbocycles. The van der Waals surface area contributed by atoms with Crippen molar-refractivity contribution in [2.24, 2.45) is 0 Å². The normalized spacial score (nSPS) is 14.0. The van der Waals surface area contributed by atoms with E-state index in [4.69, 9.17) is 0 Å². The first-order valence-electron chi connectivity index (χ1n) is 7.90. The summed E-state index contributed by atoms with van der Waals surface area (Å²) in [6.45, 7) is 6.55. The molecule has 0 aliphatic carbocycles. The number of amides is 1. The summed E-state index contributed by atoms with van der Waals surface area (Å²) in [6.07, 6.45) is 4.11. The summed E-state index contributed by atoms with van der Waals surface area (Å²) in [5, 5.41) is 3.61. The summed E-state index contributed by atoms with van der Waals surface area (Å²) in [5.41, 5.74) is 2.28. The van der Waals surface area contributed by atoms with Crippen molar-refractivity contribution in [3.8, 4) is 0 Å². The number of rotatable bonds is 7. The molecule has 1 aromatic carbocycles. The Morgan fingerprint density at radius 2 is 2.18 bits per heavy atom. The van der Waals surface area contributed by atoms with Crippen LogP contribution in [0.3, 0.4) is 0 Å². The Morgan fingerprint density at radius 3 is 2.86 bits per heavy atom. The number of benzene rings is 1. The van der Waals surface area contributed by atoms with E-state index in [1.165, 1.54) is 5.56 Å². The number of aromatic nitrogens is 1. The second-order valence-electron chi connectivity index (χ2n) is 5.65. The predicted octanol–water partition coefficient (Wildman–Crippen LogP) is 5.70. The second kappa shape index (κ2) is 8.06. The van der Waals surface area contributed by atoms with E-state index in [1.807, 2.05) is 6.07 Å². The summed E-state index contributed by atoms with van der Waals surface area (Å²) >= 11 is 5.00. The van der Waals surface area contributed by atoms with Crippen LogP contribution in [0.2, 0.25) is 0 Å². The zero-order chi connectivity index (χ0) is 16.1. The van der Waals surface area contributed by atoms with Gasteiger partial charge in [-0.05, 0) is 36.5 Å². The van der Waals surface area contributed by atoms with Gasteiger partial charge < -0.3 is 5.32 Å². The molecule has 1 heterocycles. The summed E-state index contributed by atoms with van der Waals surface area (Å²) in [7, 11) is 0. The number of unbranched alkanes of at least 4 members (excludes halogenated alkanes) is 1. The number of anilines is 1. The standard InChI is InChI=1S/C17H23BrN2OS/c1-4-6-7-13(18)16(21)20-17-19-14-9-8-12(11(3)5-2)10-15(14)22-17/h8-11,13H,4-7H2,1-3H3,(H,19,20,21)/t11-,13+/m1/s1. The third-order valence-corrected chi connectivity index (χ3v) is 5.73. The van der Waals surface area contributed by atoms with Gasteiger partial charge in [0.15, 0.2) is 5.13 Å². The van der Waals surface area contributed by atoms with Gasteiger partial charge in [-0.2, -0.15) is 0 Å². The lowest BCUT2D eigenvalue weighted by Gasteiger charge is -2.07. The number of hydrogen-bond acceptors (Lipinski definition) is 3. The number of hydrogen-bond donors (Lipinski definition) is 1. The molecule has 0 saturated heterocycles. The molecule has 22 heavy (non-hydrogen) atoms. The highest BCUT2D eigenvalue weighted by Crippen LogP contribution is 2.30. The zero-order valence-electron chi connectivity index (χ0n) is 13.4. The highest BCUT2D eigenvalue weighted by molar-refractivity contribution is 9.10. The van der Waals surface area contributed by atoms with E-state index in [0.717, 1.165) is 35.9 Å². The molecule has 0 unspecified atom stereocenters. The van der Waals surface area contributed by atoms with Gasteiger partial charge in [-0.15, -0.1) is 0 Å². The topological polar surface area (TPSA) is 42.0 Å². The molecule has 0 radical (unpaired) electrons. The van der Waals surface area contributed by atoms with Gasteiger partial charge in [0.25, 0.3) is 0 Å². The fourth-order valence-corrected chi connectivity index (χ4v) is 3.59. The number of fused-ring (bicyclic) bond motifs is 1. The minimum absolute atomic E-state index is 0.00495. The number of thiazole rings is 1. The van der Waals surface area contributed by atoms with Crippen LogP contribution in [0.15, 0.2) is 18.2 Å². The third kappa shape index (κ3) is 4.29. The Labute approximate surface area is 144 Å². The van der Waals surface area contributed by atoms with Crippen LogP contribution in [0.5, 0.6) is 0 Å². The van der Waals surface area contributed by atoms with Crippen molar-refractivity contribution in [3.05, 3.63) is 23.8 Å². The van der Waals surface area contributed by atoms with E-state index in [1.54, 1.807) is 11.3 Å². The van der Waals surface area contributed by atoms with E-state index in [0.29, 0.717) is 11.0 Å². The third-order valence-electron chi connectivity index (χ3n) is 3.92. The number of nitrogens with one attached hydrogen (secondary N) is 1. The SMILES string of the molecule is CCCC[C@H](Br)C(=O)Nc1nc2ccc([C@H](C)CC)cc2s1. The molecule has 3 nitrogen and oxygen atoms in total. The molecule has 0 bridgehead atoms. The quantitative estimate of drug-likeness (QED) is 0.623. The number of halogens is 1. The van der Waals surface area contributed by atoms with Crippen LogP contribution >= 0.6 is 27.3 Å². The number of carbonyl (C=O) groups is 1. The van der Waals surface area contributed by atoms with Gasteiger partial charge in [0.2, 0.25) is 5.91 Å². The molecule has 0 aliphatic rings. The number of alkyl halides is 1.